The summed E-state index contributed by atoms with van der Waals surface area (Å²) in [5, 5.41) is 0.606. The van der Waals surface area contributed by atoms with Gasteiger partial charge in [-0.1, -0.05) is 31.4 Å². The summed E-state index contributed by atoms with van der Waals surface area (Å²) in [6.45, 7) is 2.34. The van der Waals surface area contributed by atoms with Gasteiger partial charge < -0.3 is 0 Å². The molecule has 72 valence electrons. The first-order valence-electron chi connectivity index (χ1n) is 6.11. The summed E-state index contributed by atoms with van der Waals surface area (Å²) in [6.07, 6.45) is 9.08. The van der Waals surface area contributed by atoms with E-state index in [0.717, 1.165) is 17.8 Å². The molecule has 0 aromatic carbocycles. The molecule has 2 bridgehead atoms. The lowest BCUT2D eigenvalue weighted by Crippen LogP contribution is -2.20. The fraction of sp³-hybridized carbons (Fsp3) is 1.00. The second kappa shape index (κ2) is 3.37. The molecule has 2 aliphatic carbocycles. The van der Waals surface area contributed by atoms with Crippen LogP contribution in [0.3, 0.4) is 0 Å². The largest absolute Gasteiger partial charge is 0.0992 e. The fourth-order valence-corrected chi connectivity index (χ4v) is 3.48. The zero-order chi connectivity index (χ0) is 9.47. The van der Waals surface area contributed by atoms with E-state index >= 15 is 0 Å². The Morgan fingerprint density at radius 3 is 2.46 bits per heavy atom. The van der Waals surface area contributed by atoms with Crippen molar-refractivity contribution < 1.29 is 0 Å². The van der Waals surface area contributed by atoms with Crippen molar-refractivity contribution in [3.8, 4) is 0 Å². The number of hydrogen-bond acceptors (Lipinski definition) is 0. The molecule has 2 heteroatoms. The lowest BCUT2D eigenvalue weighted by Gasteiger charge is -2.31. The van der Waals surface area contributed by atoms with Crippen LogP contribution in [0.25, 0.3) is 0 Å². The minimum absolute atomic E-state index is 0.606. The van der Waals surface area contributed by atoms with Gasteiger partial charge in [0.05, 0.1) is 15.7 Å². The second-order valence-corrected chi connectivity index (χ2v) is 6.16. The molecule has 0 aromatic rings. The Bertz CT molecular complexity index is 189. The molecule has 0 N–H and O–H groups in total. The van der Waals surface area contributed by atoms with Gasteiger partial charge in [-0.25, -0.2) is 0 Å². The molecule has 0 amide bonds. The first-order valence-corrected chi connectivity index (χ1v) is 6.11. The predicted molar refractivity (Wildman–Crippen MR) is 63.6 cm³/mol. The highest BCUT2D eigenvalue weighted by Gasteiger charge is 2.40. The number of fused-ring (bicyclic) bond motifs is 2. The Balaban J connectivity index is 1.89. The van der Waals surface area contributed by atoms with E-state index in [0.29, 0.717) is 5.21 Å². The van der Waals surface area contributed by atoms with E-state index in [9.17, 15) is 0 Å². The predicted octanol–water partition coefficient (Wildman–Crippen LogP) is 1.61. The molecule has 13 heavy (non-hydrogen) atoms. The van der Waals surface area contributed by atoms with Crippen LogP contribution in [0, 0.1) is 17.8 Å². The molecule has 0 aliphatic heterocycles. The highest BCUT2D eigenvalue weighted by atomic mass is 14.4. The third-order valence-corrected chi connectivity index (χ3v) is 4.66. The summed E-state index contributed by atoms with van der Waals surface area (Å²) in [5.41, 5.74) is 0. The summed E-state index contributed by atoms with van der Waals surface area (Å²) in [4.78, 5) is 0. The molecular formula is C11H22B2. The number of hydrogen-bond donors (Lipinski definition) is 0. The van der Waals surface area contributed by atoms with Crippen molar-refractivity contribution in [2.75, 3.05) is 0 Å². The molecule has 3 unspecified atom stereocenters. The first-order chi connectivity index (χ1) is 6.11. The quantitative estimate of drug-likeness (QED) is 0.573. The molecule has 2 fully saturated rings. The van der Waals surface area contributed by atoms with E-state index in [2.05, 4.69) is 22.6 Å². The summed E-state index contributed by atoms with van der Waals surface area (Å²) < 4.78 is 0. The van der Waals surface area contributed by atoms with Crippen LogP contribution in [0.2, 0.25) is 5.21 Å². The third kappa shape index (κ3) is 1.97. The highest BCUT2D eigenvalue weighted by Crippen LogP contribution is 2.52. The number of rotatable bonds is 3. The van der Waals surface area contributed by atoms with Crippen molar-refractivity contribution in [1.29, 1.82) is 0 Å². The topological polar surface area (TPSA) is 0 Å². The second-order valence-electron chi connectivity index (χ2n) is 6.16. The highest BCUT2D eigenvalue weighted by molar-refractivity contribution is 6.39. The van der Waals surface area contributed by atoms with E-state index in [1.807, 2.05) is 0 Å². The summed E-state index contributed by atoms with van der Waals surface area (Å²) in [6, 6.07) is 0. The van der Waals surface area contributed by atoms with Crippen LogP contribution >= 0.6 is 0 Å². The zero-order valence-corrected chi connectivity index (χ0v) is 9.47. The van der Waals surface area contributed by atoms with E-state index in [4.69, 9.17) is 0 Å². The summed E-state index contributed by atoms with van der Waals surface area (Å²) in [7, 11) is 4.89. The minimum atomic E-state index is 0.606. The molecule has 2 saturated carbocycles. The van der Waals surface area contributed by atoms with Gasteiger partial charge in [0.2, 0.25) is 0 Å². The van der Waals surface area contributed by atoms with Gasteiger partial charge in [0, 0.05) is 0 Å². The van der Waals surface area contributed by atoms with E-state index < -0.39 is 0 Å². The van der Waals surface area contributed by atoms with Crippen molar-refractivity contribution in [3.05, 3.63) is 0 Å². The van der Waals surface area contributed by atoms with Gasteiger partial charge in [0.25, 0.3) is 0 Å². The Labute approximate surface area is 84.7 Å². The Morgan fingerprint density at radius 2 is 2.00 bits per heavy atom. The maximum Gasteiger partial charge on any atom is 0.0992 e. The average molecular weight is 176 g/mol. The van der Waals surface area contributed by atoms with Crippen molar-refractivity contribution in [1.82, 2.24) is 0 Å². The molecule has 0 nitrogen and oxygen atoms in total. The molecular weight excluding hydrogens is 154 g/mol. The smallest absolute Gasteiger partial charge is 0.0845 e. The van der Waals surface area contributed by atoms with Crippen LogP contribution in [0.15, 0.2) is 0 Å². The normalized spacial score (nSPS) is 38.4. The standard InChI is InChI=1S/C11H22B2/c1-2-11(12,13)7-10-6-8-3-4-9(10)5-8/h8-10H,2-7,12-13H2,1H3. The van der Waals surface area contributed by atoms with E-state index in [1.165, 1.54) is 12.8 Å². The Hall–Kier alpha value is 0.130. The van der Waals surface area contributed by atoms with Gasteiger partial charge in [0.15, 0.2) is 0 Å². The van der Waals surface area contributed by atoms with Crippen LogP contribution in [-0.4, -0.2) is 15.7 Å². The van der Waals surface area contributed by atoms with Gasteiger partial charge in [-0.3, -0.25) is 0 Å². The van der Waals surface area contributed by atoms with Crippen LogP contribution in [0.4, 0.5) is 0 Å². The molecule has 0 heterocycles. The van der Waals surface area contributed by atoms with Gasteiger partial charge in [-0.15, -0.1) is 0 Å². The lowest BCUT2D eigenvalue weighted by molar-refractivity contribution is 0.299. The van der Waals surface area contributed by atoms with Gasteiger partial charge >= 0.3 is 0 Å². The summed E-state index contributed by atoms with van der Waals surface area (Å²) >= 11 is 0. The van der Waals surface area contributed by atoms with E-state index in [-0.39, 0.29) is 0 Å². The van der Waals surface area contributed by atoms with Gasteiger partial charge in [-0.05, 0) is 37.0 Å². The molecule has 0 spiro atoms. The van der Waals surface area contributed by atoms with Gasteiger partial charge in [-0.2, -0.15) is 0 Å². The Kier molecular flexibility index (Phi) is 2.50. The molecule has 0 saturated heterocycles. The molecule has 0 radical (unpaired) electrons. The van der Waals surface area contributed by atoms with Crippen LogP contribution in [0.1, 0.15) is 45.4 Å². The van der Waals surface area contributed by atoms with Crippen molar-refractivity contribution in [3.63, 3.8) is 0 Å². The Morgan fingerprint density at radius 1 is 1.23 bits per heavy atom. The maximum absolute atomic E-state index is 2.44. The molecule has 0 aromatic heterocycles. The maximum atomic E-state index is 2.44. The van der Waals surface area contributed by atoms with E-state index in [1.54, 1.807) is 25.7 Å². The zero-order valence-electron chi connectivity index (χ0n) is 9.47. The SMILES string of the molecule is BC(B)(CC)CC1CC2CCC1C2. The van der Waals surface area contributed by atoms with Crippen molar-refractivity contribution >= 4 is 15.7 Å². The fourth-order valence-electron chi connectivity index (χ4n) is 3.48. The average Bonchev–Trinajstić information content (AvgIpc) is 2.64. The monoisotopic (exact) mass is 176 g/mol. The first kappa shape index (κ1) is 9.68. The molecule has 2 rings (SSSR count). The van der Waals surface area contributed by atoms with Crippen LogP contribution in [-0.2, 0) is 0 Å². The molecule has 3 atom stereocenters. The van der Waals surface area contributed by atoms with Crippen LogP contribution in [0.5, 0.6) is 0 Å². The lowest BCUT2D eigenvalue weighted by atomic mass is 9.49. The minimum Gasteiger partial charge on any atom is -0.0845 e. The van der Waals surface area contributed by atoms with Gasteiger partial charge in [0.1, 0.15) is 0 Å². The van der Waals surface area contributed by atoms with Crippen molar-refractivity contribution in [2.24, 2.45) is 17.8 Å². The molecule has 2 aliphatic rings. The third-order valence-electron chi connectivity index (χ3n) is 4.66. The van der Waals surface area contributed by atoms with Crippen LogP contribution < -0.4 is 0 Å². The summed E-state index contributed by atoms with van der Waals surface area (Å²) in [5.74, 6) is 3.34. The van der Waals surface area contributed by atoms with Crippen molar-refractivity contribution in [2.45, 2.75) is 50.7 Å².